The van der Waals surface area contributed by atoms with Gasteiger partial charge in [0, 0.05) is 0 Å². The molecule has 0 aliphatic heterocycles. The zero-order valence-electron chi connectivity index (χ0n) is 8.65. The number of rotatable bonds is 4. The van der Waals surface area contributed by atoms with Crippen molar-refractivity contribution >= 4 is 0 Å². The maximum atomic E-state index is 2.35. The summed E-state index contributed by atoms with van der Waals surface area (Å²) in [5.74, 6) is 0.732. The smallest absolute Gasteiger partial charge is 0.0152 e. The molecule has 0 aliphatic rings. The molecule has 0 aromatic rings. The van der Waals surface area contributed by atoms with Gasteiger partial charge in [-0.3, -0.25) is 0 Å². The van der Waals surface area contributed by atoms with E-state index in [2.05, 4.69) is 46.8 Å². The minimum absolute atomic E-state index is 0.370. The molecule has 0 heteroatoms. The van der Waals surface area contributed by atoms with Crippen molar-refractivity contribution in [2.24, 2.45) is 11.3 Å². The molecule has 0 atom stereocenters. The van der Waals surface area contributed by atoms with Crippen LogP contribution in [0.1, 0.15) is 47.5 Å². The summed E-state index contributed by atoms with van der Waals surface area (Å²) in [6.45, 7) is 11.4. The molecular formula is C11H22. The van der Waals surface area contributed by atoms with Gasteiger partial charge in [-0.15, -0.1) is 0 Å². The fourth-order valence-corrected chi connectivity index (χ4v) is 0.746. The van der Waals surface area contributed by atoms with Crippen molar-refractivity contribution in [2.75, 3.05) is 0 Å². The highest BCUT2D eigenvalue weighted by Gasteiger charge is 2.17. The molecule has 0 bridgehead atoms. The predicted octanol–water partition coefficient (Wildman–Crippen LogP) is 4.02. The Balaban J connectivity index is 3.90. The maximum Gasteiger partial charge on any atom is -0.0152 e. The highest BCUT2D eigenvalue weighted by molar-refractivity contribution is 4.96. The van der Waals surface area contributed by atoms with Crippen molar-refractivity contribution in [2.45, 2.75) is 47.5 Å². The minimum atomic E-state index is 0.370. The van der Waals surface area contributed by atoms with E-state index in [4.69, 9.17) is 0 Å². The molecular weight excluding hydrogens is 132 g/mol. The van der Waals surface area contributed by atoms with Gasteiger partial charge in [-0.2, -0.15) is 0 Å². The summed E-state index contributed by atoms with van der Waals surface area (Å²) in [6.07, 6.45) is 7.13. The highest BCUT2D eigenvalue weighted by Crippen LogP contribution is 2.27. The molecule has 11 heavy (non-hydrogen) atoms. The average Bonchev–Trinajstić information content (AvgIpc) is 1.88. The van der Waals surface area contributed by atoms with E-state index >= 15 is 0 Å². The van der Waals surface area contributed by atoms with E-state index in [0.29, 0.717) is 5.41 Å². The molecule has 0 saturated heterocycles. The zero-order chi connectivity index (χ0) is 8.91. The van der Waals surface area contributed by atoms with Crippen molar-refractivity contribution in [3.63, 3.8) is 0 Å². The Morgan fingerprint density at radius 2 is 1.82 bits per heavy atom. The molecule has 66 valence electrons. The fourth-order valence-electron chi connectivity index (χ4n) is 0.746. The second kappa shape index (κ2) is 4.58. The van der Waals surface area contributed by atoms with E-state index in [1.54, 1.807) is 0 Å². The van der Waals surface area contributed by atoms with E-state index in [0.717, 1.165) is 5.92 Å². The molecule has 0 N–H and O–H groups in total. The Bertz CT molecular complexity index is 118. The van der Waals surface area contributed by atoms with Crippen LogP contribution < -0.4 is 0 Å². The van der Waals surface area contributed by atoms with Gasteiger partial charge in [0.15, 0.2) is 0 Å². The first-order chi connectivity index (χ1) is 5.00. The second-order valence-electron chi connectivity index (χ2n) is 4.17. The molecule has 0 rings (SSSR count). The lowest BCUT2D eigenvalue weighted by Crippen LogP contribution is -2.15. The Hall–Kier alpha value is -0.260. The van der Waals surface area contributed by atoms with Crippen LogP contribution in [0.15, 0.2) is 12.2 Å². The molecule has 0 fully saturated rings. The van der Waals surface area contributed by atoms with Crippen LogP contribution >= 0.6 is 0 Å². The summed E-state index contributed by atoms with van der Waals surface area (Å²) in [7, 11) is 0. The fraction of sp³-hybridized carbons (Fsp3) is 0.818. The number of hydrogen-bond donors (Lipinski definition) is 0. The predicted molar refractivity (Wildman–Crippen MR) is 52.7 cm³/mol. The standard InChI is InChI=1S/C11H22/c1-6-7-8-9-11(4,5)10(2)3/h8-10H,6-7H2,1-5H3/b9-8-. The summed E-state index contributed by atoms with van der Waals surface area (Å²) < 4.78 is 0. The van der Waals surface area contributed by atoms with Gasteiger partial charge >= 0.3 is 0 Å². The van der Waals surface area contributed by atoms with Crippen LogP contribution in [-0.4, -0.2) is 0 Å². The Morgan fingerprint density at radius 1 is 1.27 bits per heavy atom. The molecule has 0 saturated carbocycles. The average molecular weight is 154 g/mol. The van der Waals surface area contributed by atoms with Crippen LogP contribution in [0, 0.1) is 11.3 Å². The summed E-state index contributed by atoms with van der Waals surface area (Å²) in [4.78, 5) is 0. The summed E-state index contributed by atoms with van der Waals surface area (Å²) in [5, 5.41) is 0. The van der Waals surface area contributed by atoms with Gasteiger partial charge in [0.05, 0.1) is 0 Å². The third-order valence-electron chi connectivity index (χ3n) is 2.49. The van der Waals surface area contributed by atoms with Crippen LogP contribution in [-0.2, 0) is 0 Å². The van der Waals surface area contributed by atoms with Crippen LogP contribution in [0.25, 0.3) is 0 Å². The van der Waals surface area contributed by atoms with Crippen molar-refractivity contribution in [1.29, 1.82) is 0 Å². The molecule has 0 nitrogen and oxygen atoms in total. The topological polar surface area (TPSA) is 0 Å². The van der Waals surface area contributed by atoms with Gasteiger partial charge in [-0.05, 0) is 17.8 Å². The van der Waals surface area contributed by atoms with Gasteiger partial charge in [0.1, 0.15) is 0 Å². The van der Waals surface area contributed by atoms with Crippen LogP contribution in [0.5, 0.6) is 0 Å². The Kier molecular flexibility index (Phi) is 4.48. The Morgan fingerprint density at radius 3 is 2.18 bits per heavy atom. The normalized spacial score (nSPS) is 13.3. The van der Waals surface area contributed by atoms with E-state index < -0.39 is 0 Å². The number of hydrogen-bond acceptors (Lipinski definition) is 0. The lowest BCUT2D eigenvalue weighted by molar-refractivity contribution is 0.332. The number of allylic oxidation sites excluding steroid dienone is 2. The molecule has 0 heterocycles. The lowest BCUT2D eigenvalue weighted by atomic mass is 9.81. The molecule has 0 aromatic heterocycles. The van der Waals surface area contributed by atoms with Crippen LogP contribution in [0.2, 0.25) is 0 Å². The molecule has 0 amide bonds. The first-order valence-electron chi connectivity index (χ1n) is 4.68. The van der Waals surface area contributed by atoms with Crippen molar-refractivity contribution in [3.8, 4) is 0 Å². The summed E-state index contributed by atoms with van der Waals surface area (Å²) in [6, 6.07) is 0. The van der Waals surface area contributed by atoms with Crippen molar-refractivity contribution < 1.29 is 0 Å². The second-order valence-corrected chi connectivity index (χ2v) is 4.17. The molecule has 0 aliphatic carbocycles. The van der Waals surface area contributed by atoms with E-state index in [-0.39, 0.29) is 0 Å². The lowest BCUT2D eigenvalue weighted by Gasteiger charge is -2.24. The van der Waals surface area contributed by atoms with Crippen molar-refractivity contribution in [1.82, 2.24) is 0 Å². The molecule has 0 unspecified atom stereocenters. The zero-order valence-corrected chi connectivity index (χ0v) is 8.65. The Labute approximate surface area is 71.7 Å². The molecule has 0 radical (unpaired) electrons. The third kappa shape index (κ3) is 4.23. The maximum absolute atomic E-state index is 2.35. The van der Waals surface area contributed by atoms with Crippen LogP contribution in [0.3, 0.4) is 0 Å². The number of unbranched alkanes of at least 4 members (excludes halogenated alkanes) is 1. The van der Waals surface area contributed by atoms with Gasteiger partial charge in [-0.1, -0.05) is 53.2 Å². The summed E-state index contributed by atoms with van der Waals surface area (Å²) >= 11 is 0. The van der Waals surface area contributed by atoms with E-state index in [1.807, 2.05) is 0 Å². The van der Waals surface area contributed by atoms with Gasteiger partial charge in [0.25, 0.3) is 0 Å². The molecule has 0 aromatic carbocycles. The minimum Gasteiger partial charge on any atom is -0.0880 e. The SMILES string of the molecule is CCC/C=C\C(C)(C)C(C)C. The highest BCUT2D eigenvalue weighted by atomic mass is 14.2. The van der Waals surface area contributed by atoms with E-state index in [9.17, 15) is 0 Å². The largest absolute Gasteiger partial charge is 0.0880 e. The first-order valence-corrected chi connectivity index (χ1v) is 4.68. The van der Waals surface area contributed by atoms with Gasteiger partial charge in [-0.25, -0.2) is 0 Å². The van der Waals surface area contributed by atoms with Crippen LogP contribution in [0.4, 0.5) is 0 Å². The summed E-state index contributed by atoms with van der Waals surface area (Å²) in [5.41, 5.74) is 0.370. The first kappa shape index (κ1) is 10.7. The quantitative estimate of drug-likeness (QED) is 0.536. The van der Waals surface area contributed by atoms with Gasteiger partial charge in [0.2, 0.25) is 0 Å². The third-order valence-corrected chi connectivity index (χ3v) is 2.49. The molecule has 0 spiro atoms. The monoisotopic (exact) mass is 154 g/mol. The van der Waals surface area contributed by atoms with Crippen molar-refractivity contribution in [3.05, 3.63) is 12.2 Å². The van der Waals surface area contributed by atoms with E-state index in [1.165, 1.54) is 12.8 Å². The van der Waals surface area contributed by atoms with Gasteiger partial charge < -0.3 is 0 Å².